The summed E-state index contributed by atoms with van der Waals surface area (Å²) in [7, 11) is 0. The van der Waals surface area contributed by atoms with Crippen LogP contribution >= 0.6 is 58.5 Å². The number of anilines is 1. The predicted octanol–water partition coefficient (Wildman–Crippen LogP) is 5.54. The fourth-order valence-corrected chi connectivity index (χ4v) is 4.92. The Hall–Kier alpha value is -2.17. The summed E-state index contributed by atoms with van der Waals surface area (Å²) in [6.07, 6.45) is 0. The average Bonchev–Trinajstić information content (AvgIpc) is 3.04. The maximum Gasteiger partial charge on any atom is 0.271 e. The topological polar surface area (TPSA) is 79.8 Å². The summed E-state index contributed by atoms with van der Waals surface area (Å²) < 4.78 is 2.63. The molecule has 0 unspecified atom stereocenters. The normalized spacial score (nSPS) is 11.0. The summed E-state index contributed by atoms with van der Waals surface area (Å²) in [6.45, 7) is 0. The first-order valence-electron chi connectivity index (χ1n) is 8.51. The second-order valence-corrected chi connectivity index (χ2v) is 9.53. The van der Waals surface area contributed by atoms with Crippen molar-refractivity contribution in [1.82, 2.24) is 14.5 Å². The predicted molar refractivity (Wildman–Crippen MR) is 126 cm³/mol. The SMILES string of the molecule is O=C(CSc1nc2c(sc(=S)n2-c2ccc(Cl)cc2)c(=O)[nH]1)Nc1cccc(Cl)c1. The summed E-state index contributed by atoms with van der Waals surface area (Å²) in [5.41, 5.74) is 1.48. The van der Waals surface area contributed by atoms with Gasteiger partial charge in [-0.1, -0.05) is 52.4 Å². The van der Waals surface area contributed by atoms with E-state index >= 15 is 0 Å². The standard InChI is InChI=1S/C19H12Cl2N4O2S3/c20-10-4-6-13(7-5-10)25-16-15(30-19(25)28)17(27)24-18(23-16)29-9-14(26)22-12-3-1-2-11(21)8-12/h1-8H,9H2,(H,22,26)(H,23,24,27). The maximum absolute atomic E-state index is 12.5. The zero-order chi connectivity index (χ0) is 21.3. The van der Waals surface area contributed by atoms with Crippen LogP contribution in [0, 0.1) is 3.95 Å². The summed E-state index contributed by atoms with van der Waals surface area (Å²) in [5, 5.41) is 4.20. The number of hydrogen-bond acceptors (Lipinski definition) is 6. The lowest BCUT2D eigenvalue weighted by atomic mass is 10.3. The van der Waals surface area contributed by atoms with E-state index in [-0.39, 0.29) is 17.2 Å². The van der Waals surface area contributed by atoms with Crippen molar-refractivity contribution < 1.29 is 4.79 Å². The van der Waals surface area contributed by atoms with E-state index in [9.17, 15) is 9.59 Å². The third-order valence-corrected chi connectivity index (χ3v) is 6.68. The molecule has 0 spiro atoms. The van der Waals surface area contributed by atoms with Gasteiger partial charge in [0.25, 0.3) is 5.56 Å². The number of amides is 1. The minimum atomic E-state index is -0.304. The zero-order valence-corrected chi connectivity index (χ0v) is 19.0. The van der Waals surface area contributed by atoms with Gasteiger partial charge in [0.2, 0.25) is 5.91 Å². The summed E-state index contributed by atoms with van der Waals surface area (Å²) >= 11 is 19.6. The van der Waals surface area contributed by atoms with E-state index in [0.29, 0.717) is 35.2 Å². The summed E-state index contributed by atoms with van der Waals surface area (Å²) in [5.74, 6) is -0.183. The van der Waals surface area contributed by atoms with Crippen LogP contribution in [0.15, 0.2) is 58.5 Å². The van der Waals surface area contributed by atoms with Gasteiger partial charge in [0, 0.05) is 21.4 Å². The molecule has 6 nitrogen and oxygen atoms in total. The Balaban J connectivity index is 1.60. The molecule has 0 fully saturated rings. The van der Waals surface area contributed by atoms with Crippen molar-refractivity contribution in [3.8, 4) is 5.69 Å². The summed E-state index contributed by atoms with van der Waals surface area (Å²) in [4.78, 5) is 32.0. The lowest BCUT2D eigenvalue weighted by Crippen LogP contribution is -2.15. The van der Waals surface area contributed by atoms with Crippen molar-refractivity contribution in [3.63, 3.8) is 0 Å². The first kappa shape index (κ1) is 21.1. The van der Waals surface area contributed by atoms with Crippen LogP contribution in [0.4, 0.5) is 5.69 Å². The number of thioether (sulfide) groups is 1. The smallest absolute Gasteiger partial charge is 0.271 e. The molecule has 4 rings (SSSR count). The molecule has 0 saturated carbocycles. The Morgan fingerprint density at radius 1 is 1.20 bits per heavy atom. The molecule has 1 amide bonds. The van der Waals surface area contributed by atoms with Gasteiger partial charge in [-0.25, -0.2) is 4.98 Å². The third-order valence-electron chi connectivity index (χ3n) is 3.95. The highest BCUT2D eigenvalue weighted by atomic mass is 35.5. The van der Waals surface area contributed by atoms with Crippen LogP contribution in [-0.4, -0.2) is 26.2 Å². The van der Waals surface area contributed by atoms with Gasteiger partial charge in [0.15, 0.2) is 14.8 Å². The second kappa shape index (κ2) is 8.91. The van der Waals surface area contributed by atoms with Crippen molar-refractivity contribution in [1.29, 1.82) is 0 Å². The highest BCUT2D eigenvalue weighted by Crippen LogP contribution is 2.25. The number of aromatic amines is 1. The van der Waals surface area contributed by atoms with Crippen LogP contribution in [0.5, 0.6) is 0 Å². The molecule has 2 N–H and O–H groups in total. The summed E-state index contributed by atoms with van der Waals surface area (Å²) in [6, 6.07) is 14.0. The molecule has 0 aliphatic heterocycles. The van der Waals surface area contributed by atoms with Crippen molar-refractivity contribution in [2.24, 2.45) is 0 Å². The Kier molecular flexibility index (Phi) is 6.26. The molecule has 0 saturated heterocycles. The van der Waals surface area contributed by atoms with E-state index < -0.39 is 0 Å². The highest BCUT2D eigenvalue weighted by Gasteiger charge is 2.15. The van der Waals surface area contributed by atoms with Gasteiger partial charge in [-0.2, -0.15) is 0 Å². The lowest BCUT2D eigenvalue weighted by Gasteiger charge is -2.07. The lowest BCUT2D eigenvalue weighted by molar-refractivity contribution is -0.113. The number of halogens is 2. The molecule has 152 valence electrons. The van der Waals surface area contributed by atoms with Gasteiger partial charge in [0.05, 0.1) is 5.75 Å². The molecule has 0 aliphatic rings. The number of nitrogens with one attached hydrogen (secondary N) is 2. The van der Waals surface area contributed by atoms with Crippen LogP contribution in [0.2, 0.25) is 10.0 Å². The van der Waals surface area contributed by atoms with Gasteiger partial charge in [-0.05, 0) is 54.7 Å². The molecule has 2 aromatic carbocycles. The van der Waals surface area contributed by atoms with Gasteiger partial charge in [0.1, 0.15) is 4.70 Å². The minimum Gasteiger partial charge on any atom is -0.325 e. The molecule has 0 aliphatic carbocycles. The third kappa shape index (κ3) is 4.60. The number of rotatable bonds is 5. The fourth-order valence-electron chi connectivity index (χ4n) is 2.68. The monoisotopic (exact) mass is 494 g/mol. The molecule has 2 heterocycles. The molecular weight excluding hydrogens is 483 g/mol. The van der Waals surface area contributed by atoms with Crippen molar-refractivity contribution in [2.45, 2.75) is 5.16 Å². The minimum absolute atomic E-state index is 0.0623. The van der Waals surface area contributed by atoms with Crippen LogP contribution in [0.1, 0.15) is 0 Å². The number of aromatic nitrogens is 3. The number of nitrogens with zero attached hydrogens (tertiary/aromatic N) is 2. The molecule has 0 atom stereocenters. The quantitative estimate of drug-likeness (QED) is 0.216. The number of hydrogen-bond donors (Lipinski definition) is 2. The number of carbonyl (C=O) groups excluding carboxylic acids is 1. The Morgan fingerprint density at radius 3 is 2.70 bits per heavy atom. The first-order valence-corrected chi connectivity index (χ1v) is 11.5. The zero-order valence-electron chi connectivity index (χ0n) is 15.0. The maximum atomic E-state index is 12.5. The van der Waals surface area contributed by atoms with E-state index in [1.165, 1.54) is 11.3 Å². The van der Waals surface area contributed by atoms with Crippen LogP contribution in [0.3, 0.4) is 0 Å². The molecular formula is C19H12Cl2N4O2S3. The van der Waals surface area contributed by atoms with Crippen molar-refractivity contribution in [2.75, 3.05) is 11.1 Å². The Morgan fingerprint density at radius 2 is 1.97 bits per heavy atom. The number of thiazole rings is 1. The molecule has 11 heteroatoms. The number of H-pyrrole nitrogens is 1. The highest BCUT2D eigenvalue weighted by molar-refractivity contribution is 7.99. The Bertz CT molecular complexity index is 1360. The van der Waals surface area contributed by atoms with E-state index in [2.05, 4.69) is 15.3 Å². The van der Waals surface area contributed by atoms with Crippen molar-refractivity contribution >= 4 is 80.5 Å². The van der Waals surface area contributed by atoms with Gasteiger partial charge in [-0.15, -0.1) is 0 Å². The molecule has 0 radical (unpaired) electrons. The Labute approximate surface area is 193 Å². The second-order valence-electron chi connectivity index (χ2n) is 6.05. The van der Waals surface area contributed by atoms with Gasteiger partial charge in [-0.3, -0.25) is 14.2 Å². The van der Waals surface area contributed by atoms with E-state index in [1.54, 1.807) is 53.1 Å². The largest absolute Gasteiger partial charge is 0.325 e. The van der Waals surface area contributed by atoms with Crippen molar-refractivity contribution in [3.05, 3.63) is 72.9 Å². The molecule has 2 aromatic heterocycles. The van der Waals surface area contributed by atoms with Crippen LogP contribution in [0.25, 0.3) is 16.0 Å². The molecule has 4 aromatic rings. The van der Waals surface area contributed by atoms with E-state index in [1.807, 2.05) is 0 Å². The number of benzene rings is 2. The van der Waals surface area contributed by atoms with E-state index in [4.69, 9.17) is 35.4 Å². The van der Waals surface area contributed by atoms with E-state index in [0.717, 1.165) is 17.4 Å². The first-order chi connectivity index (χ1) is 14.4. The number of carbonyl (C=O) groups is 1. The molecule has 0 bridgehead atoms. The average molecular weight is 495 g/mol. The molecule has 30 heavy (non-hydrogen) atoms. The van der Waals surface area contributed by atoms with Crippen LogP contribution < -0.4 is 10.9 Å². The van der Waals surface area contributed by atoms with Gasteiger partial charge >= 0.3 is 0 Å². The fraction of sp³-hybridized carbons (Fsp3) is 0.0526. The number of fused-ring (bicyclic) bond motifs is 1. The van der Waals surface area contributed by atoms with Crippen LogP contribution in [-0.2, 0) is 4.79 Å². The van der Waals surface area contributed by atoms with Gasteiger partial charge < -0.3 is 10.3 Å².